The van der Waals surface area contributed by atoms with Gasteiger partial charge in [-0.2, -0.15) is 4.31 Å². The number of rotatable bonds is 6. The molecule has 0 unspecified atom stereocenters. The van der Waals surface area contributed by atoms with Gasteiger partial charge in [-0.05, 0) is 24.5 Å². The zero-order valence-corrected chi connectivity index (χ0v) is 15.3. The van der Waals surface area contributed by atoms with Crippen LogP contribution in [-0.2, 0) is 10.0 Å². The molecule has 0 aliphatic rings. The molecule has 0 aliphatic carbocycles. The lowest BCUT2D eigenvalue weighted by Gasteiger charge is -2.20. The average molecular weight is 341 g/mol. The van der Waals surface area contributed by atoms with Crippen molar-refractivity contribution in [2.75, 3.05) is 26.7 Å². The minimum absolute atomic E-state index is 0.00289. The van der Waals surface area contributed by atoms with Crippen molar-refractivity contribution in [2.45, 2.75) is 32.6 Å². The quantitative estimate of drug-likeness (QED) is 0.830. The van der Waals surface area contributed by atoms with Crippen LogP contribution >= 0.6 is 0 Å². The number of likely N-dealkylation sites (N-methyl/N-ethyl adjacent to an activating group) is 1. The standard InChI is InChI=1S/C16H27N3O3S/c1-13-6-8-14(9-7-13)23(21,22)19(5)11-10-17-15(20)18-12-16(2,3)4/h6-9H,10-12H2,1-5H3,(H2,17,18,20). The molecule has 0 atom stereocenters. The first kappa shape index (κ1) is 19.4. The third kappa shape index (κ3) is 6.58. The van der Waals surface area contributed by atoms with Crippen LogP contribution in [0.5, 0.6) is 0 Å². The second-order valence-corrected chi connectivity index (χ2v) is 8.85. The van der Waals surface area contributed by atoms with E-state index < -0.39 is 10.0 Å². The molecule has 7 heteroatoms. The first-order valence-corrected chi connectivity index (χ1v) is 9.01. The monoisotopic (exact) mass is 341 g/mol. The number of nitrogens with zero attached hydrogens (tertiary/aromatic N) is 1. The third-order valence-corrected chi connectivity index (χ3v) is 5.09. The predicted molar refractivity (Wildman–Crippen MR) is 91.9 cm³/mol. The summed E-state index contributed by atoms with van der Waals surface area (Å²) in [6.45, 7) is 8.98. The van der Waals surface area contributed by atoms with Gasteiger partial charge in [0, 0.05) is 26.7 Å². The molecule has 0 bridgehead atoms. The Hall–Kier alpha value is -1.60. The Bertz CT molecular complexity index is 619. The maximum atomic E-state index is 12.4. The van der Waals surface area contributed by atoms with Crippen molar-refractivity contribution in [1.82, 2.24) is 14.9 Å². The molecule has 2 N–H and O–H groups in total. The first-order chi connectivity index (χ1) is 10.5. The van der Waals surface area contributed by atoms with Crippen molar-refractivity contribution in [1.29, 1.82) is 0 Å². The molecular weight excluding hydrogens is 314 g/mol. The van der Waals surface area contributed by atoms with Gasteiger partial charge in [-0.1, -0.05) is 38.5 Å². The molecule has 130 valence electrons. The Morgan fingerprint density at radius 1 is 1.13 bits per heavy atom. The van der Waals surface area contributed by atoms with Crippen LogP contribution in [0, 0.1) is 12.3 Å². The number of amides is 2. The fourth-order valence-corrected chi connectivity index (χ4v) is 2.92. The average Bonchev–Trinajstić information content (AvgIpc) is 2.44. The molecule has 0 radical (unpaired) electrons. The largest absolute Gasteiger partial charge is 0.338 e. The summed E-state index contributed by atoms with van der Waals surface area (Å²) in [7, 11) is -2.02. The van der Waals surface area contributed by atoms with Crippen LogP contribution in [0.2, 0.25) is 0 Å². The smallest absolute Gasteiger partial charge is 0.314 e. The minimum atomic E-state index is -3.53. The number of benzene rings is 1. The van der Waals surface area contributed by atoms with Crippen LogP contribution in [-0.4, -0.2) is 45.4 Å². The van der Waals surface area contributed by atoms with Crippen LogP contribution in [0.15, 0.2) is 29.2 Å². The van der Waals surface area contributed by atoms with Gasteiger partial charge < -0.3 is 10.6 Å². The van der Waals surface area contributed by atoms with Gasteiger partial charge in [0.05, 0.1) is 4.90 Å². The molecule has 2 amide bonds. The van der Waals surface area contributed by atoms with E-state index in [0.717, 1.165) is 5.56 Å². The highest BCUT2D eigenvalue weighted by Gasteiger charge is 2.20. The maximum Gasteiger partial charge on any atom is 0.314 e. The second kappa shape index (κ2) is 7.79. The summed E-state index contributed by atoms with van der Waals surface area (Å²) in [5.41, 5.74) is 1.01. The number of urea groups is 1. The third-order valence-electron chi connectivity index (χ3n) is 3.22. The zero-order chi connectivity index (χ0) is 17.7. The van der Waals surface area contributed by atoms with Gasteiger partial charge >= 0.3 is 6.03 Å². The van der Waals surface area contributed by atoms with Crippen LogP contribution in [0.1, 0.15) is 26.3 Å². The normalized spacial score (nSPS) is 12.3. The van der Waals surface area contributed by atoms with E-state index >= 15 is 0 Å². The van der Waals surface area contributed by atoms with Gasteiger partial charge in [-0.25, -0.2) is 13.2 Å². The number of hydrogen-bond donors (Lipinski definition) is 2. The maximum absolute atomic E-state index is 12.4. The molecule has 0 spiro atoms. The van der Waals surface area contributed by atoms with Crippen LogP contribution in [0.3, 0.4) is 0 Å². The lowest BCUT2D eigenvalue weighted by Crippen LogP contribution is -2.43. The number of carbonyl (C=O) groups excluding carboxylic acids is 1. The fourth-order valence-electron chi connectivity index (χ4n) is 1.75. The molecule has 1 rings (SSSR count). The van der Waals surface area contributed by atoms with E-state index in [1.807, 2.05) is 27.7 Å². The number of aryl methyl sites for hydroxylation is 1. The van der Waals surface area contributed by atoms with Crippen molar-refractivity contribution >= 4 is 16.1 Å². The Kier molecular flexibility index (Phi) is 6.58. The Morgan fingerprint density at radius 3 is 2.22 bits per heavy atom. The Labute approximate surface area is 139 Å². The molecule has 0 aromatic heterocycles. The van der Waals surface area contributed by atoms with Crippen molar-refractivity contribution < 1.29 is 13.2 Å². The van der Waals surface area contributed by atoms with Gasteiger partial charge in [0.2, 0.25) is 10.0 Å². The molecule has 6 nitrogen and oxygen atoms in total. The molecule has 1 aromatic carbocycles. The fraction of sp³-hybridized carbons (Fsp3) is 0.562. The lowest BCUT2D eigenvalue weighted by molar-refractivity contribution is 0.235. The van der Waals surface area contributed by atoms with Gasteiger partial charge in [0.1, 0.15) is 0 Å². The summed E-state index contributed by atoms with van der Waals surface area (Å²) in [5, 5.41) is 5.42. The molecule has 0 saturated carbocycles. The molecular formula is C16H27N3O3S. The van der Waals surface area contributed by atoms with E-state index in [9.17, 15) is 13.2 Å². The zero-order valence-electron chi connectivity index (χ0n) is 14.5. The van der Waals surface area contributed by atoms with E-state index in [2.05, 4.69) is 10.6 Å². The van der Waals surface area contributed by atoms with Crippen molar-refractivity contribution in [3.63, 3.8) is 0 Å². The Balaban J connectivity index is 2.48. The van der Waals surface area contributed by atoms with Crippen molar-refractivity contribution in [3.05, 3.63) is 29.8 Å². The van der Waals surface area contributed by atoms with Gasteiger partial charge in [-0.3, -0.25) is 0 Å². The van der Waals surface area contributed by atoms with E-state index in [1.165, 1.54) is 11.4 Å². The van der Waals surface area contributed by atoms with E-state index in [-0.39, 0.29) is 29.4 Å². The number of sulfonamides is 1. The van der Waals surface area contributed by atoms with Gasteiger partial charge in [0.15, 0.2) is 0 Å². The van der Waals surface area contributed by atoms with Crippen molar-refractivity contribution in [2.24, 2.45) is 5.41 Å². The molecule has 0 saturated heterocycles. The highest BCUT2D eigenvalue weighted by Crippen LogP contribution is 2.14. The molecule has 0 aliphatic heterocycles. The molecule has 0 heterocycles. The summed E-state index contributed by atoms with van der Waals surface area (Å²) >= 11 is 0. The van der Waals surface area contributed by atoms with Gasteiger partial charge in [0.25, 0.3) is 0 Å². The Morgan fingerprint density at radius 2 is 1.70 bits per heavy atom. The summed E-state index contributed by atoms with van der Waals surface area (Å²) in [5.74, 6) is 0. The van der Waals surface area contributed by atoms with Crippen LogP contribution in [0.4, 0.5) is 4.79 Å². The van der Waals surface area contributed by atoms with E-state index in [4.69, 9.17) is 0 Å². The SMILES string of the molecule is Cc1ccc(S(=O)(=O)N(C)CCNC(=O)NCC(C)(C)C)cc1. The first-order valence-electron chi connectivity index (χ1n) is 7.57. The summed E-state index contributed by atoms with van der Waals surface area (Å²) in [4.78, 5) is 11.9. The minimum Gasteiger partial charge on any atom is -0.338 e. The second-order valence-electron chi connectivity index (χ2n) is 6.81. The molecule has 23 heavy (non-hydrogen) atoms. The number of nitrogens with one attached hydrogen (secondary N) is 2. The number of hydrogen-bond acceptors (Lipinski definition) is 3. The summed E-state index contributed by atoms with van der Waals surface area (Å²) < 4.78 is 26.0. The summed E-state index contributed by atoms with van der Waals surface area (Å²) in [6, 6.07) is 6.41. The predicted octanol–water partition coefficient (Wildman–Crippen LogP) is 1.96. The summed E-state index contributed by atoms with van der Waals surface area (Å²) in [6.07, 6.45) is 0. The molecule has 1 aromatic rings. The highest BCUT2D eigenvalue weighted by atomic mass is 32.2. The lowest BCUT2D eigenvalue weighted by atomic mass is 9.97. The molecule has 0 fully saturated rings. The highest BCUT2D eigenvalue weighted by molar-refractivity contribution is 7.89. The van der Waals surface area contributed by atoms with Crippen LogP contribution < -0.4 is 10.6 Å². The topological polar surface area (TPSA) is 78.5 Å². The number of carbonyl (C=O) groups is 1. The van der Waals surface area contributed by atoms with E-state index in [0.29, 0.717) is 6.54 Å². The van der Waals surface area contributed by atoms with Gasteiger partial charge in [-0.15, -0.1) is 0 Å². The van der Waals surface area contributed by atoms with Crippen molar-refractivity contribution in [3.8, 4) is 0 Å². The van der Waals surface area contributed by atoms with Crippen LogP contribution in [0.25, 0.3) is 0 Å². The van der Waals surface area contributed by atoms with E-state index in [1.54, 1.807) is 24.3 Å².